The molecule has 0 saturated heterocycles. The van der Waals surface area contributed by atoms with Crippen LogP contribution in [0, 0.1) is 0 Å². The number of rotatable bonds is 4. The van der Waals surface area contributed by atoms with E-state index in [1.54, 1.807) is 24.3 Å². The van der Waals surface area contributed by atoms with Crippen LogP contribution in [0.15, 0.2) is 60.5 Å². The molecule has 0 aliphatic rings. The Kier molecular flexibility index (Phi) is 4.39. The summed E-state index contributed by atoms with van der Waals surface area (Å²) in [4.78, 5) is 11.8. The van der Waals surface area contributed by atoms with E-state index < -0.39 is 0 Å². The molecule has 0 radical (unpaired) electrons. The Morgan fingerprint density at radius 2 is 1.75 bits per heavy atom. The minimum absolute atomic E-state index is 0.241. The zero-order valence-electron chi connectivity index (χ0n) is 10.8. The fraction of sp³-hybridized carbons (Fsp3) is 0.0625. The molecule has 102 valence electrons. The van der Waals surface area contributed by atoms with Crippen molar-refractivity contribution in [1.82, 2.24) is 0 Å². The normalized spacial score (nSPS) is 11.1. The smallest absolute Gasteiger partial charge is 0.338 e. The summed E-state index contributed by atoms with van der Waals surface area (Å²) in [5, 5.41) is 8.94. The Bertz CT molecular complexity index is 599. The molecule has 0 heterocycles. The summed E-state index contributed by atoms with van der Waals surface area (Å²) >= 11 is 0. The molecule has 0 amide bonds. The lowest BCUT2D eigenvalue weighted by Gasteiger charge is -2.05. The number of esters is 1. The lowest BCUT2D eigenvalue weighted by atomic mass is 10.1. The summed E-state index contributed by atoms with van der Waals surface area (Å²) in [7, 11) is 0. The van der Waals surface area contributed by atoms with E-state index in [1.807, 2.05) is 30.3 Å². The van der Waals surface area contributed by atoms with Crippen molar-refractivity contribution in [3.63, 3.8) is 0 Å². The second-order valence-electron chi connectivity index (χ2n) is 4.25. The fourth-order valence-electron chi connectivity index (χ4n) is 1.69. The molecular weight excluding hydrogens is 254 g/mol. The van der Waals surface area contributed by atoms with Gasteiger partial charge in [0.1, 0.15) is 6.61 Å². The first-order chi connectivity index (χ1) is 9.65. The van der Waals surface area contributed by atoms with Crippen molar-refractivity contribution in [3.8, 4) is 0 Å². The van der Waals surface area contributed by atoms with Gasteiger partial charge in [0.2, 0.25) is 0 Å². The van der Waals surface area contributed by atoms with Gasteiger partial charge in [0.15, 0.2) is 5.88 Å². The van der Waals surface area contributed by atoms with Crippen molar-refractivity contribution >= 4 is 12.0 Å². The molecule has 0 unspecified atom stereocenters. The lowest BCUT2D eigenvalue weighted by molar-refractivity contribution is 0.0472. The summed E-state index contributed by atoms with van der Waals surface area (Å²) < 4.78 is 5.21. The number of hydrogen-bond acceptors (Lipinski definition) is 4. The van der Waals surface area contributed by atoms with E-state index in [0.717, 1.165) is 5.56 Å². The van der Waals surface area contributed by atoms with Gasteiger partial charge in [0.05, 0.1) is 5.56 Å². The quantitative estimate of drug-likeness (QED) is 0.661. The molecule has 4 nitrogen and oxygen atoms in total. The number of aliphatic hydroxyl groups excluding tert-OH is 1. The first-order valence-electron chi connectivity index (χ1n) is 6.12. The van der Waals surface area contributed by atoms with Crippen LogP contribution in [0.3, 0.4) is 0 Å². The van der Waals surface area contributed by atoms with Gasteiger partial charge in [-0.15, -0.1) is 0 Å². The average molecular weight is 269 g/mol. The molecule has 3 N–H and O–H groups in total. The van der Waals surface area contributed by atoms with Crippen LogP contribution in [0.25, 0.3) is 6.08 Å². The predicted octanol–water partition coefficient (Wildman–Crippen LogP) is 2.86. The Labute approximate surface area is 117 Å². The van der Waals surface area contributed by atoms with Crippen LogP contribution in [0.4, 0.5) is 0 Å². The number of carbonyl (C=O) groups excluding carboxylic acids is 1. The van der Waals surface area contributed by atoms with Gasteiger partial charge in [-0.2, -0.15) is 0 Å². The maximum absolute atomic E-state index is 11.8. The first-order valence-corrected chi connectivity index (χ1v) is 6.12. The van der Waals surface area contributed by atoms with Gasteiger partial charge in [0, 0.05) is 6.08 Å². The predicted molar refractivity (Wildman–Crippen MR) is 76.8 cm³/mol. The van der Waals surface area contributed by atoms with E-state index in [1.165, 1.54) is 6.08 Å². The first kappa shape index (κ1) is 13.7. The minimum Gasteiger partial charge on any atom is -0.495 e. The highest BCUT2D eigenvalue weighted by Crippen LogP contribution is 2.09. The number of aliphatic hydroxyl groups is 1. The minimum atomic E-state index is -0.388. The highest BCUT2D eigenvalue weighted by molar-refractivity contribution is 5.89. The third-order valence-corrected chi connectivity index (χ3v) is 2.67. The van der Waals surface area contributed by atoms with Gasteiger partial charge >= 0.3 is 5.97 Å². The Balaban J connectivity index is 1.97. The number of nitrogens with two attached hydrogens (primary N) is 1. The highest BCUT2D eigenvalue weighted by atomic mass is 16.5. The fourth-order valence-corrected chi connectivity index (χ4v) is 1.69. The van der Waals surface area contributed by atoms with Crippen LogP contribution in [-0.4, -0.2) is 11.1 Å². The zero-order valence-corrected chi connectivity index (χ0v) is 10.8. The van der Waals surface area contributed by atoms with Crippen molar-refractivity contribution < 1.29 is 14.6 Å². The Morgan fingerprint density at radius 1 is 1.10 bits per heavy atom. The van der Waals surface area contributed by atoms with Crippen LogP contribution in [0.1, 0.15) is 21.5 Å². The standard InChI is InChI=1S/C16H15NO3/c17-15(18)10-12-6-8-14(9-7-12)16(19)20-11-13-4-2-1-3-5-13/h1-10,18H,11,17H2. The zero-order chi connectivity index (χ0) is 14.4. The van der Waals surface area contributed by atoms with Crippen LogP contribution in [0.2, 0.25) is 0 Å². The molecule has 0 aliphatic heterocycles. The highest BCUT2D eigenvalue weighted by Gasteiger charge is 2.06. The lowest BCUT2D eigenvalue weighted by Crippen LogP contribution is -2.05. The SMILES string of the molecule is NC(O)=Cc1ccc(C(=O)OCc2ccccc2)cc1. The van der Waals surface area contributed by atoms with Crippen molar-refractivity contribution in [3.05, 3.63) is 77.2 Å². The van der Waals surface area contributed by atoms with Gasteiger partial charge in [-0.25, -0.2) is 4.79 Å². The molecule has 2 aromatic rings. The van der Waals surface area contributed by atoms with E-state index in [0.29, 0.717) is 11.1 Å². The third kappa shape index (κ3) is 3.88. The van der Waals surface area contributed by atoms with E-state index in [2.05, 4.69) is 0 Å². The molecular formula is C16H15NO3. The maximum atomic E-state index is 11.8. The summed E-state index contributed by atoms with van der Waals surface area (Å²) in [5.74, 6) is -0.661. The van der Waals surface area contributed by atoms with Crippen molar-refractivity contribution in [1.29, 1.82) is 0 Å². The van der Waals surface area contributed by atoms with Crippen molar-refractivity contribution in [2.75, 3.05) is 0 Å². The summed E-state index contributed by atoms with van der Waals surface area (Å²) in [6, 6.07) is 16.1. The van der Waals surface area contributed by atoms with Crippen LogP contribution in [-0.2, 0) is 11.3 Å². The van der Waals surface area contributed by atoms with Gasteiger partial charge < -0.3 is 15.6 Å². The number of ether oxygens (including phenoxy) is 1. The van der Waals surface area contributed by atoms with Gasteiger partial charge in [-0.3, -0.25) is 0 Å². The summed E-state index contributed by atoms with van der Waals surface area (Å²) in [5.41, 5.74) is 7.26. The molecule has 0 saturated carbocycles. The molecule has 0 fully saturated rings. The van der Waals surface area contributed by atoms with Gasteiger partial charge in [-0.1, -0.05) is 42.5 Å². The molecule has 4 heteroatoms. The monoisotopic (exact) mass is 269 g/mol. The maximum Gasteiger partial charge on any atom is 0.338 e. The van der Waals surface area contributed by atoms with E-state index in [4.69, 9.17) is 15.6 Å². The van der Waals surface area contributed by atoms with Gasteiger partial charge in [-0.05, 0) is 23.3 Å². The molecule has 20 heavy (non-hydrogen) atoms. The molecule has 0 atom stereocenters. The molecule has 0 spiro atoms. The second-order valence-corrected chi connectivity index (χ2v) is 4.25. The van der Waals surface area contributed by atoms with Crippen molar-refractivity contribution in [2.45, 2.75) is 6.61 Å². The number of hydrogen-bond donors (Lipinski definition) is 2. The topological polar surface area (TPSA) is 72.5 Å². The average Bonchev–Trinajstić information content (AvgIpc) is 2.46. The van der Waals surface area contributed by atoms with Crippen LogP contribution >= 0.6 is 0 Å². The molecule has 0 aromatic heterocycles. The Morgan fingerprint density at radius 3 is 2.35 bits per heavy atom. The largest absolute Gasteiger partial charge is 0.495 e. The molecule has 0 bridgehead atoms. The van der Waals surface area contributed by atoms with Gasteiger partial charge in [0.25, 0.3) is 0 Å². The third-order valence-electron chi connectivity index (χ3n) is 2.67. The van der Waals surface area contributed by atoms with Crippen molar-refractivity contribution in [2.24, 2.45) is 5.73 Å². The summed E-state index contributed by atoms with van der Waals surface area (Å²) in [6.07, 6.45) is 1.40. The number of carbonyl (C=O) groups is 1. The molecule has 2 aromatic carbocycles. The van der Waals surface area contributed by atoms with Crippen LogP contribution in [0.5, 0.6) is 0 Å². The summed E-state index contributed by atoms with van der Waals surface area (Å²) in [6.45, 7) is 0.241. The molecule has 0 aliphatic carbocycles. The second kappa shape index (κ2) is 6.43. The Hall–Kier alpha value is -2.75. The van der Waals surface area contributed by atoms with E-state index in [9.17, 15) is 4.79 Å². The van der Waals surface area contributed by atoms with E-state index in [-0.39, 0.29) is 18.5 Å². The van der Waals surface area contributed by atoms with Crippen LogP contribution < -0.4 is 5.73 Å². The number of benzene rings is 2. The van der Waals surface area contributed by atoms with E-state index >= 15 is 0 Å². The molecule has 2 rings (SSSR count).